The molecule has 1 aliphatic carbocycles. The number of para-hydroxylation sites is 1. The number of benzene rings is 1. The quantitative estimate of drug-likeness (QED) is 0.821. The highest BCUT2D eigenvalue weighted by Crippen LogP contribution is 2.30. The SMILES string of the molecule is CCSC1CCC(NCc2ccccc2OC(F)F)C1. The fraction of sp³-hybridized carbons (Fsp3) is 0.600. The first kappa shape index (κ1) is 15.6. The van der Waals surface area contributed by atoms with Crippen molar-refractivity contribution in [3.63, 3.8) is 0 Å². The van der Waals surface area contributed by atoms with Crippen LogP contribution in [0.4, 0.5) is 8.78 Å². The zero-order valence-electron chi connectivity index (χ0n) is 11.6. The Balaban J connectivity index is 1.85. The van der Waals surface area contributed by atoms with Crippen molar-refractivity contribution in [1.82, 2.24) is 5.32 Å². The fourth-order valence-electron chi connectivity index (χ4n) is 2.63. The third-order valence-corrected chi connectivity index (χ3v) is 4.79. The number of thioether (sulfide) groups is 1. The first-order valence-electron chi connectivity index (χ1n) is 7.06. The van der Waals surface area contributed by atoms with E-state index in [1.165, 1.54) is 6.42 Å². The minimum atomic E-state index is -2.77. The largest absolute Gasteiger partial charge is 0.434 e. The van der Waals surface area contributed by atoms with Crippen molar-refractivity contribution in [3.8, 4) is 5.75 Å². The Hall–Kier alpha value is -0.810. The Kier molecular flexibility index (Phi) is 6.10. The molecule has 2 atom stereocenters. The zero-order chi connectivity index (χ0) is 14.4. The molecule has 5 heteroatoms. The van der Waals surface area contributed by atoms with Crippen LogP contribution in [0.3, 0.4) is 0 Å². The number of nitrogens with one attached hydrogen (secondary N) is 1. The summed E-state index contributed by atoms with van der Waals surface area (Å²) in [4.78, 5) is 0. The predicted molar refractivity (Wildman–Crippen MR) is 79.5 cm³/mol. The number of halogens is 2. The maximum Gasteiger partial charge on any atom is 0.387 e. The van der Waals surface area contributed by atoms with Crippen LogP contribution in [0.25, 0.3) is 0 Å². The number of hydrogen-bond donors (Lipinski definition) is 1. The standard InChI is InChI=1S/C15H21F2NOS/c1-2-20-13-8-7-12(9-13)18-10-11-5-3-4-6-14(11)19-15(16)17/h3-6,12-13,15,18H,2,7-10H2,1H3. The van der Waals surface area contributed by atoms with Gasteiger partial charge >= 0.3 is 6.61 Å². The summed E-state index contributed by atoms with van der Waals surface area (Å²) in [7, 11) is 0. The van der Waals surface area contributed by atoms with Gasteiger partial charge in [-0.15, -0.1) is 0 Å². The van der Waals surface area contributed by atoms with E-state index in [1.807, 2.05) is 23.9 Å². The maximum absolute atomic E-state index is 12.3. The minimum Gasteiger partial charge on any atom is -0.434 e. The summed E-state index contributed by atoms with van der Waals surface area (Å²) in [5.74, 6) is 1.43. The fourth-order valence-corrected chi connectivity index (χ4v) is 3.77. The first-order chi connectivity index (χ1) is 9.69. The molecule has 112 valence electrons. The summed E-state index contributed by atoms with van der Waals surface area (Å²) in [5, 5.41) is 4.20. The highest BCUT2D eigenvalue weighted by molar-refractivity contribution is 7.99. The van der Waals surface area contributed by atoms with E-state index in [9.17, 15) is 8.78 Å². The number of rotatable bonds is 7. The van der Waals surface area contributed by atoms with Gasteiger partial charge in [-0.05, 0) is 31.1 Å². The van der Waals surface area contributed by atoms with Gasteiger partial charge < -0.3 is 10.1 Å². The molecule has 0 bridgehead atoms. The van der Waals surface area contributed by atoms with E-state index in [1.54, 1.807) is 12.1 Å². The van der Waals surface area contributed by atoms with Crippen LogP contribution < -0.4 is 10.1 Å². The molecular weight excluding hydrogens is 280 g/mol. The molecule has 0 radical (unpaired) electrons. The molecule has 0 amide bonds. The lowest BCUT2D eigenvalue weighted by Crippen LogP contribution is -2.26. The van der Waals surface area contributed by atoms with Gasteiger partial charge in [0, 0.05) is 23.4 Å². The van der Waals surface area contributed by atoms with Gasteiger partial charge in [-0.3, -0.25) is 0 Å². The molecule has 1 N–H and O–H groups in total. The van der Waals surface area contributed by atoms with E-state index in [4.69, 9.17) is 0 Å². The van der Waals surface area contributed by atoms with Crippen molar-refractivity contribution >= 4 is 11.8 Å². The summed E-state index contributed by atoms with van der Waals surface area (Å²) in [6.45, 7) is -0.00610. The van der Waals surface area contributed by atoms with Crippen LogP contribution >= 0.6 is 11.8 Å². The van der Waals surface area contributed by atoms with E-state index in [-0.39, 0.29) is 5.75 Å². The van der Waals surface area contributed by atoms with Crippen LogP contribution in [0.2, 0.25) is 0 Å². The molecule has 0 heterocycles. The van der Waals surface area contributed by atoms with Crippen LogP contribution in [-0.2, 0) is 6.54 Å². The van der Waals surface area contributed by atoms with Crippen LogP contribution in [0, 0.1) is 0 Å². The average molecular weight is 301 g/mol. The van der Waals surface area contributed by atoms with Gasteiger partial charge in [0.25, 0.3) is 0 Å². The Morgan fingerprint density at radius 1 is 1.35 bits per heavy atom. The molecule has 1 fully saturated rings. The molecule has 20 heavy (non-hydrogen) atoms. The highest BCUT2D eigenvalue weighted by atomic mass is 32.2. The highest BCUT2D eigenvalue weighted by Gasteiger charge is 2.24. The van der Waals surface area contributed by atoms with E-state index in [2.05, 4.69) is 17.0 Å². The molecule has 2 nitrogen and oxygen atoms in total. The molecule has 0 aliphatic heterocycles. The molecule has 2 rings (SSSR count). The summed E-state index contributed by atoms with van der Waals surface area (Å²) in [5.41, 5.74) is 0.791. The van der Waals surface area contributed by atoms with Gasteiger partial charge in [-0.1, -0.05) is 25.1 Å². The normalized spacial score (nSPS) is 22.4. The molecule has 1 saturated carbocycles. The van der Waals surface area contributed by atoms with E-state index in [0.29, 0.717) is 12.6 Å². The van der Waals surface area contributed by atoms with Crippen molar-refractivity contribution in [2.75, 3.05) is 5.75 Å². The monoisotopic (exact) mass is 301 g/mol. The van der Waals surface area contributed by atoms with Gasteiger partial charge in [-0.2, -0.15) is 20.5 Å². The first-order valence-corrected chi connectivity index (χ1v) is 8.11. The lowest BCUT2D eigenvalue weighted by molar-refractivity contribution is -0.0505. The smallest absolute Gasteiger partial charge is 0.387 e. The third kappa shape index (κ3) is 4.63. The Morgan fingerprint density at radius 2 is 2.15 bits per heavy atom. The molecule has 2 unspecified atom stereocenters. The molecule has 1 aliphatic rings. The number of ether oxygens (including phenoxy) is 1. The topological polar surface area (TPSA) is 21.3 Å². The third-order valence-electron chi connectivity index (χ3n) is 3.56. The van der Waals surface area contributed by atoms with Crippen LogP contribution in [0.15, 0.2) is 24.3 Å². The molecule has 1 aromatic carbocycles. The lowest BCUT2D eigenvalue weighted by atomic mass is 10.1. The summed E-state index contributed by atoms with van der Waals surface area (Å²) in [6.07, 6.45) is 3.57. The Bertz CT molecular complexity index is 417. The Labute approximate surface area is 123 Å². The van der Waals surface area contributed by atoms with Gasteiger partial charge in [0.1, 0.15) is 5.75 Å². The van der Waals surface area contributed by atoms with E-state index < -0.39 is 6.61 Å². The molecular formula is C15H21F2NOS. The summed E-state index contributed by atoms with van der Waals surface area (Å²) >= 11 is 2.01. The minimum absolute atomic E-state index is 0.271. The van der Waals surface area contributed by atoms with Gasteiger partial charge in [0.2, 0.25) is 0 Å². The zero-order valence-corrected chi connectivity index (χ0v) is 12.5. The van der Waals surface area contributed by atoms with Crippen molar-refractivity contribution in [2.45, 2.75) is 50.6 Å². The Morgan fingerprint density at radius 3 is 2.90 bits per heavy atom. The predicted octanol–water partition coefficient (Wildman–Crippen LogP) is 4.05. The second-order valence-electron chi connectivity index (χ2n) is 4.95. The van der Waals surface area contributed by atoms with Gasteiger partial charge in [0.05, 0.1) is 0 Å². The number of hydrogen-bond acceptors (Lipinski definition) is 3. The number of alkyl halides is 2. The average Bonchev–Trinajstić information content (AvgIpc) is 2.85. The maximum atomic E-state index is 12.3. The molecule has 0 spiro atoms. The summed E-state index contributed by atoms with van der Waals surface area (Å²) in [6, 6.07) is 7.47. The summed E-state index contributed by atoms with van der Waals surface area (Å²) < 4.78 is 29.2. The van der Waals surface area contributed by atoms with Crippen LogP contribution in [-0.4, -0.2) is 23.7 Å². The second kappa shape index (κ2) is 7.84. The van der Waals surface area contributed by atoms with Crippen molar-refractivity contribution in [2.24, 2.45) is 0 Å². The van der Waals surface area contributed by atoms with Crippen molar-refractivity contribution in [3.05, 3.63) is 29.8 Å². The lowest BCUT2D eigenvalue weighted by Gasteiger charge is -2.15. The van der Waals surface area contributed by atoms with Crippen molar-refractivity contribution in [1.29, 1.82) is 0 Å². The van der Waals surface area contributed by atoms with E-state index >= 15 is 0 Å². The van der Waals surface area contributed by atoms with Gasteiger partial charge in [-0.25, -0.2) is 0 Å². The second-order valence-corrected chi connectivity index (χ2v) is 6.53. The molecule has 0 saturated heterocycles. The van der Waals surface area contributed by atoms with Gasteiger partial charge in [0.15, 0.2) is 0 Å². The van der Waals surface area contributed by atoms with Crippen molar-refractivity contribution < 1.29 is 13.5 Å². The van der Waals surface area contributed by atoms with Crippen LogP contribution in [0.5, 0.6) is 5.75 Å². The molecule has 1 aromatic rings. The molecule has 0 aromatic heterocycles. The van der Waals surface area contributed by atoms with E-state index in [0.717, 1.165) is 29.4 Å². The van der Waals surface area contributed by atoms with Crippen LogP contribution in [0.1, 0.15) is 31.7 Å².